The molecule has 2 heterocycles. The van der Waals surface area contributed by atoms with Gasteiger partial charge in [-0.1, -0.05) is 6.07 Å². The summed E-state index contributed by atoms with van der Waals surface area (Å²) in [6.07, 6.45) is 2.01. The first kappa shape index (κ1) is 16.4. The molecule has 1 aromatic heterocycles. The zero-order valence-corrected chi connectivity index (χ0v) is 14.5. The van der Waals surface area contributed by atoms with Crippen molar-refractivity contribution in [3.8, 4) is 11.8 Å². The molecule has 1 aromatic carbocycles. The molecule has 0 bridgehead atoms. The van der Waals surface area contributed by atoms with Crippen molar-refractivity contribution < 1.29 is 9.53 Å². The van der Waals surface area contributed by atoms with Crippen molar-refractivity contribution in [1.29, 1.82) is 5.26 Å². The van der Waals surface area contributed by atoms with Crippen molar-refractivity contribution in [1.82, 2.24) is 9.47 Å². The standard InChI is InChI=1S/C20H19N3O3/c1-13-7-17(9-19(24)23(13)16-5-6-16)26-18-11-22(12-18)20(25)15-4-2-3-14(8-15)10-21/h2-4,7-9,16,18H,5-6,11-12H2,1H3. The summed E-state index contributed by atoms with van der Waals surface area (Å²) < 4.78 is 7.69. The molecule has 4 rings (SSSR count). The van der Waals surface area contributed by atoms with Crippen molar-refractivity contribution in [3.05, 3.63) is 63.6 Å². The van der Waals surface area contributed by atoms with Crippen LogP contribution in [0.2, 0.25) is 0 Å². The Morgan fingerprint density at radius 3 is 2.65 bits per heavy atom. The van der Waals surface area contributed by atoms with Crippen molar-refractivity contribution >= 4 is 5.91 Å². The molecule has 1 amide bonds. The highest BCUT2D eigenvalue weighted by atomic mass is 16.5. The van der Waals surface area contributed by atoms with Crippen LogP contribution in [0.15, 0.2) is 41.2 Å². The summed E-state index contributed by atoms with van der Waals surface area (Å²) in [6, 6.07) is 12.5. The van der Waals surface area contributed by atoms with E-state index in [1.165, 1.54) is 6.07 Å². The molecule has 0 unspecified atom stereocenters. The Morgan fingerprint density at radius 1 is 1.23 bits per heavy atom. The Labute approximate surface area is 151 Å². The minimum absolute atomic E-state index is 0.0249. The Kier molecular flexibility index (Phi) is 4.00. The molecule has 1 saturated carbocycles. The van der Waals surface area contributed by atoms with Gasteiger partial charge in [0.1, 0.15) is 11.9 Å². The number of pyridine rings is 1. The molecule has 0 atom stereocenters. The summed E-state index contributed by atoms with van der Waals surface area (Å²) in [5.41, 5.74) is 1.86. The minimum atomic E-state index is -0.117. The molecular formula is C20H19N3O3. The fraction of sp³-hybridized carbons (Fsp3) is 0.350. The number of amides is 1. The van der Waals surface area contributed by atoms with Crippen LogP contribution >= 0.6 is 0 Å². The molecule has 26 heavy (non-hydrogen) atoms. The van der Waals surface area contributed by atoms with Crippen LogP contribution in [0.5, 0.6) is 5.75 Å². The van der Waals surface area contributed by atoms with Crippen LogP contribution in [-0.2, 0) is 0 Å². The van der Waals surface area contributed by atoms with Crippen LogP contribution in [0.1, 0.15) is 40.5 Å². The van der Waals surface area contributed by atoms with E-state index >= 15 is 0 Å². The van der Waals surface area contributed by atoms with E-state index in [-0.39, 0.29) is 17.6 Å². The zero-order valence-electron chi connectivity index (χ0n) is 14.5. The van der Waals surface area contributed by atoms with Gasteiger partial charge in [0.05, 0.1) is 24.7 Å². The fourth-order valence-corrected chi connectivity index (χ4v) is 3.33. The molecule has 6 nitrogen and oxygen atoms in total. The lowest BCUT2D eigenvalue weighted by molar-refractivity contribution is 0.0176. The first-order valence-electron chi connectivity index (χ1n) is 8.74. The molecule has 2 aliphatic rings. The molecule has 1 aliphatic heterocycles. The third-order valence-electron chi connectivity index (χ3n) is 4.82. The number of aryl methyl sites for hydroxylation is 1. The highest BCUT2D eigenvalue weighted by molar-refractivity contribution is 5.95. The van der Waals surface area contributed by atoms with Gasteiger partial charge < -0.3 is 14.2 Å². The van der Waals surface area contributed by atoms with Gasteiger partial charge in [0.15, 0.2) is 0 Å². The predicted molar refractivity (Wildman–Crippen MR) is 95.2 cm³/mol. The first-order chi connectivity index (χ1) is 12.5. The second kappa shape index (κ2) is 6.34. The first-order valence-corrected chi connectivity index (χ1v) is 8.74. The lowest BCUT2D eigenvalue weighted by Crippen LogP contribution is -2.56. The quantitative estimate of drug-likeness (QED) is 0.848. The normalized spacial score (nSPS) is 16.7. The number of rotatable bonds is 4. The molecule has 132 valence electrons. The van der Waals surface area contributed by atoms with E-state index < -0.39 is 0 Å². The summed E-state index contributed by atoms with van der Waals surface area (Å²) in [4.78, 5) is 26.4. The summed E-state index contributed by atoms with van der Waals surface area (Å²) in [5, 5.41) is 8.94. The number of nitriles is 1. The summed E-state index contributed by atoms with van der Waals surface area (Å²) in [7, 11) is 0. The van der Waals surface area contributed by atoms with Crippen LogP contribution in [-0.4, -0.2) is 34.6 Å². The van der Waals surface area contributed by atoms with E-state index in [0.29, 0.717) is 36.0 Å². The van der Waals surface area contributed by atoms with Crippen molar-refractivity contribution in [2.75, 3.05) is 13.1 Å². The average molecular weight is 349 g/mol. The maximum Gasteiger partial charge on any atom is 0.254 e. The van der Waals surface area contributed by atoms with Gasteiger partial charge in [-0.3, -0.25) is 9.59 Å². The maximum atomic E-state index is 12.4. The zero-order chi connectivity index (χ0) is 18.3. The van der Waals surface area contributed by atoms with Crippen molar-refractivity contribution in [3.63, 3.8) is 0 Å². The van der Waals surface area contributed by atoms with Gasteiger partial charge in [-0.15, -0.1) is 0 Å². The van der Waals surface area contributed by atoms with E-state index in [1.54, 1.807) is 29.2 Å². The van der Waals surface area contributed by atoms with E-state index in [4.69, 9.17) is 10.00 Å². The minimum Gasteiger partial charge on any atom is -0.486 e. The van der Waals surface area contributed by atoms with E-state index in [1.807, 2.05) is 23.6 Å². The molecule has 0 radical (unpaired) electrons. The van der Waals surface area contributed by atoms with Crippen LogP contribution in [0.25, 0.3) is 0 Å². The number of nitrogens with zero attached hydrogens (tertiary/aromatic N) is 3. The molecule has 2 fully saturated rings. The topological polar surface area (TPSA) is 75.3 Å². The largest absolute Gasteiger partial charge is 0.486 e. The lowest BCUT2D eigenvalue weighted by Gasteiger charge is -2.39. The van der Waals surface area contributed by atoms with Crippen LogP contribution in [0.3, 0.4) is 0 Å². The Hall–Kier alpha value is -3.07. The van der Waals surface area contributed by atoms with E-state index in [9.17, 15) is 9.59 Å². The Balaban J connectivity index is 1.39. The Morgan fingerprint density at radius 2 is 2.00 bits per heavy atom. The molecular weight excluding hydrogens is 330 g/mol. The van der Waals surface area contributed by atoms with Crippen LogP contribution < -0.4 is 10.3 Å². The molecule has 2 aromatic rings. The van der Waals surface area contributed by atoms with Gasteiger partial charge in [-0.2, -0.15) is 5.26 Å². The number of ether oxygens (including phenoxy) is 1. The average Bonchev–Trinajstić information content (AvgIpc) is 3.41. The third-order valence-corrected chi connectivity index (χ3v) is 4.82. The lowest BCUT2D eigenvalue weighted by atomic mass is 10.1. The van der Waals surface area contributed by atoms with E-state index in [0.717, 1.165) is 18.5 Å². The molecule has 1 aliphatic carbocycles. The van der Waals surface area contributed by atoms with Gasteiger partial charge in [-0.25, -0.2) is 0 Å². The van der Waals surface area contributed by atoms with Crippen LogP contribution in [0.4, 0.5) is 0 Å². The summed E-state index contributed by atoms with van der Waals surface area (Å²) >= 11 is 0. The van der Waals surface area contributed by atoms with E-state index in [2.05, 4.69) is 0 Å². The van der Waals surface area contributed by atoms with Crippen molar-refractivity contribution in [2.45, 2.75) is 31.9 Å². The number of carbonyl (C=O) groups is 1. The summed E-state index contributed by atoms with van der Waals surface area (Å²) in [6.45, 7) is 2.87. The predicted octanol–water partition coefficient (Wildman–Crippen LogP) is 2.27. The Bertz CT molecular complexity index is 963. The van der Waals surface area contributed by atoms with Gasteiger partial charge >= 0.3 is 0 Å². The fourth-order valence-electron chi connectivity index (χ4n) is 3.33. The highest BCUT2D eigenvalue weighted by Crippen LogP contribution is 2.35. The second-order valence-electron chi connectivity index (χ2n) is 6.91. The molecule has 6 heteroatoms. The smallest absolute Gasteiger partial charge is 0.254 e. The molecule has 1 saturated heterocycles. The number of hydrogen-bond acceptors (Lipinski definition) is 4. The van der Waals surface area contributed by atoms with Crippen LogP contribution in [0, 0.1) is 18.3 Å². The van der Waals surface area contributed by atoms with Gasteiger partial charge in [-0.05, 0) is 44.0 Å². The number of likely N-dealkylation sites (tertiary alicyclic amines) is 1. The van der Waals surface area contributed by atoms with Crippen molar-refractivity contribution in [2.24, 2.45) is 0 Å². The number of benzene rings is 1. The monoisotopic (exact) mass is 349 g/mol. The second-order valence-corrected chi connectivity index (χ2v) is 6.91. The van der Waals surface area contributed by atoms with Gasteiger partial charge in [0.25, 0.3) is 11.5 Å². The maximum absolute atomic E-state index is 12.4. The van der Waals surface area contributed by atoms with Gasteiger partial charge in [0, 0.05) is 23.4 Å². The SMILES string of the molecule is Cc1cc(OC2CN(C(=O)c3cccc(C#N)c3)C2)cc(=O)n1C1CC1. The van der Waals surface area contributed by atoms with Gasteiger partial charge in [0.2, 0.25) is 0 Å². The number of hydrogen-bond donors (Lipinski definition) is 0. The third kappa shape index (κ3) is 3.08. The molecule has 0 spiro atoms. The number of carbonyl (C=O) groups excluding carboxylic acids is 1. The summed E-state index contributed by atoms with van der Waals surface area (Å²) in [5.74, 6) is 0.454. The molecule has 0 N–H and O–H groups in total. The number of aromatic nitrogens is 1. The highest BCUT2D eigenvalue weighted by Gasteiger charge is 2.33.